The Morgan fingerprint density at radius 1 is 1.41 bits per heavy atom. The number of nitrogens with zero attached hydrogens (tertiary/aromatic N) is 1. The zero-order valence-corrected chi connectivity index (χ0v) is 8.76. The number of carbonyl (C=O) groups is 1. The number of ketones is 1. The lowest BCUT2D eigenvalue weighted by atomic mass is 9.93. The molecule has 0 bridgehead atoms. The SMILES string of the molecule is N#CC(C(=O)c1ccoc1)c1cccc(F)c1. The van der Waals surface area contributed by atoms with E-state index in [1.54, 1.807) is 6.07 Å². The van der Waals surface area contributed by atoms with Crippen molar-refractivity contribution in [2.75, 3.05) is 0 Å². The molecule has 2 rings (SSSR count). The van der Waals surface area contributed by atoms with E-state index in [-0.39, 0.29) is 0 Å². The molecule has 0 N–H and O–H groups in total. The van der Waals surface area contributed by atoms with Crippen molar-refractivity contribution in [2.45, 2.75) is 5.92 Å². The number of carbonyl (C=O) groups excluding carboxylic acids is 1. The zero-order valence-electron chi connectivity index (χ0n) is 8.76. The van der Waals surface area contributed by atoms with E-state index in [0.717, 1.165) is 0 Å². The Hall–Kier alpha value is -2.41. The molecule has 0 fully saturated rings. The largest absolute Gasteiger partial charge is 0.472 e. The smallest absolute Gasteiger partial charge is 0.187 e. The predicted molar refractivity (Wildman–Crippen MR) is 57.8 cm³/mol. The van der Waals surface area contributed by atoms with Crippen LogP contribution in [0.3, 0.4) is 0 Å². The molecule has 1 unspecified atom stereocenters. The Bertz CT molecular complexity index is 569. The lowest BCUT2D eigenvalue weighted by molar-refractivity contribution is 0.0978. The second kappa shape index (κ2) is 4.62. The van der Waals surface area contributed by atoms with Crippen molar-refractivity contribution >= 4 is 5.78 Å². The summed E-state index contributed by atoms with van der Waals surface area (Å²) in [4.78, 5) is 11.9. The van der Waals surface area contributed by atoms with Gasteiger partial charge in [0.1, 0.15) is 18.0 Å². The highest BCUT2D eigenvalue weighted by molar-refractivity contribution is 6.02. The summed E-state index contributed by atoms with van der Waals surface area (Å²) in [6, 6.07) is 8.82. The number of Topliss-reactive ketones (excluding diaryl/α,β-unsaturated/α-hetero) is 1. The number of furan rings is 1. The van der Waals surface area contributed by atoms with Gasteiger partial charge in [0.15, 0.2) is 5.78 Å². The molecule has 0 amide bonds. The fourth-order valence-corrected chi connectivity index (χ4v) is 1.54. The first-order valence-corrected chi connectivity index (χ1v) is 4.94. The average molecular weight is 229 g/mol. The number of hydrogen-bond acceptors (Lipinski definition) is 3. The molecule has 1 aromatic heterocycles. The van der Waals surface area contributed by atoms with Gasteiger partial charge in [-0.1, -0.05) is 12.1 Å². The summed E-state index contributed by atoms with van der Waals surface area (Å²) in [5.74, 6) is -1.88. The number of nitriles is 1. The minimum absolute atomic E-state index is 0.306. The number of hydrogen-bond donors (Lipinski definition) is 0. The van der Waals surface area contributed by atoms with Gasteiger partial charge in [-0.25, -0.2) is 4.39 Å². The van der Waals surface area contributed by atoms with Crippen LogP contribution in [-0.2, 0) is 0 Å². The minimum Gasteiger partial charge on any atom is -0.472 e. The molecular weight excluding hydrogens is 221 g/mol. The normalized spacial score (nSPS) is 11.8. The van der Waals surface area contributed by atoms with Crippen molar-refractivity contribution < 1.29 is 13.6 Å². The third kappa shape index (κ3) is 2.23. The first kappa shape index (κ1) is 11.1. The van der Waals surface area contributed by atoms with E-state index in [1.807, 2.05) is 6.07 Å². The molecule has 4 heteroatoms. The first-order chi connectivity index (χ1) is 8.22. The highest BCUT2D eigenvalue weighted by Gasteiger charge is 2.22. The summed E-state index contributed by atoms with van der Waals surface area (Å²) in [7, 11) is 0. The van der Waals surface area contributed by atoms with Crippen molar-refractivity contribution in [3.63, 3.8) is 0 Å². The molecule has 0 aliphatic rings. The van der Waals surface area contributed by atoms with Crippen molar-refractivity contribution in [1.29, 1.82) is 5.26 Å². The van der Waals surface area contributed by atoms with E-state index in [4.69, 9.17) is 9.68 Å². The van der Waals surface area contributed by atoms with E-state index in [1.165, 1.54) is 36.8 Å². The summed E-state index contributed by atoms with van der Waals surface area (Å²) >= 11 is 0. The highest BCUT2D eigenvalue weighted by atomic mass is 19.1. The number of rotatable bonds is 3. The molecule has 2 aromatic rings. The van der Waals surface area contributed by atoms with E-state index in [9.17, 15) is 9.18 Å². The van der Waals surface area contributed by atoms with Crippen molar-refractivity contribution in [3.05, 3.63) is 59.8 Å². The molecule has 3 nitrogen and oxygen atoms in total. The van der Waals surface area contributed by atoms with Crippen LogP contribution >= 0.6 is 0 Å². The second-order valence-corrected chi connectivity index (χ2v) is 3.49. The molecule has 17 heavy (non-hydrogen) atoms. The maximum Gasteiger partial charge on any atom is 0.187 e. The van der Waals surface area contributed by atoms with Crippen LogP contribution in [0.25, 0.3) is 0 Å². The van der Waals surface area contributed by atoms with E-state index < -0.39 is 17.5 Å². The molecule has 84 valence electrons. The first-order valence-electron chi connectivity index (χ1n) is 4.94. The minimum atomic E-state index is -1.01. The predicted octanol–water partition coefficient (Wildman–Crippen LogP) is 2.91. The van der Waals surface area contributed by atoms with Crippen molar-refractivity contribution in [3.8, 4) is 6.07 Å². The van der Waals surface area contributed by atoms with Gasteiger partial charge in [-0.15, -0.1) is 0 Å². The van der Waals surface area contributed by atoms with Gasteiger partial charge in [-0.05, 0) is 23.8 Å². The van der Waals surface area contributed by atoms with Crippen molar-refractivity contribution in [2.24, 2.45) is 0 Å². The number of benzene rings is 1. The lowest BCUT2D eigenvalue weighted by Crippen LogP contribution is -2.10. The molecule has 0 spiro atoms. The third-order valence-electron chi connectivity index (χ3n) is 2.38. The topological polar surface area (TPSA) is 54.0 Å². The van der Waals surface area contributed by atoms with Gasteiger partial charge in [-0.3, -0.25) is 4.79 Å². The summed E-state index contributed by atoms with van der Waals surface area (Å²) in [5.41, 5.74) is 0.652. The molecule has 1 heterocycles. The van der Waals surface area contributed by atoms with Gasteiger partial charge in [-0.2, -0.15) is 5.26 Å². The Morgan fingerprint density at radius 2 is 2.24 bits per heavy atom. The van der Waals surface area contributed by atoms with Crippen LogP contribution in [0.4, 0.5) is 4.39 Å². The highest BCUT2D eigenvalue weighted by Crippen LogP contribution is 2.21. The molecule has 0 radical (unpaired) electrons. The van der Waals surface area contributed by atoms with Gasteiger partial charge in [0.25, 0.3) is 0 Å². The average Bonchev–Trinajstić information content (AvgIpc) is 2.83. The Morgan fingerprint density at radius 3 is 2.82 bits per heavy atom. The van der Waals surface area contributed by atoms with E-state index in [2.05, 4.69) is 0 Å². The van der Waals surface area contributed by atoms with Crippen LogP contribution in [0.1, 0.15) is 21.8 Å². The fraction of sp³-hybridized carbons (Fsp3) is 0.0769. The molecule has 1 aromatic carbocycles. The van der Waals surface area contributed by atoms with Gasteiger partial charge < -0.3 is 4.42 Å². The monoisotopic (exact) mass is 229 g/mol. The van der Waals surface area contributed by atoms with Crippen LogP contribution < -0.4 is 0 Å². The zero-order chi connectivity index (χ0) is 12.3. The van der Waals surface area contributed by atoms with E-state index >= 15 is 0 Å². The van der Waals surface area contributed by atoms with Gasteiger partial charge >= 0.3 is 0 Å². The van der Waals surface area contributed by atoms with Gasteiger partial charge in [0.05, 0.1) is 17.9 Å². The quantitative estimate of drug-likeness (QED) is 0.760. The summed E-state index contributed by atoms with van der Waals surface area (Å²) < 4.78 is 17.8. The van der Waals surface area contributed by atoms with Crippen LogP contribution in [0.2, 0.25) is 0 Å². The fourth-order valence-electron chi connectivity index (χ4n) is 1.54. The molecule has 0 saturated carbocycles. The van der Waals surface area contributed by atoms with Crippen molar-refractivity contribution in [1.82, 2.24) is 0 Å². The standard InChI is InChI=1S/C13H8FNO2/c14-11-3-1-2-9(6-11)12(7-15)13(16)10-4-5-17-8-10/h1-6,8,12H. The second-order valence-electron chi connectivity index (χ2n) is 3.49. The van der Waals surface area contributed by atoms with Gasteiger partial charge in [0, 0.05) is 0 Å². The molecular formula is C13H8FNO2. The summed E-state index contributed by atoms with van der Waals surface area (Å²) in [6.07, 6.45) is 2.62. The third-order valence-corrected chi connectivity index (χ3v) is 2.38. The lowest BCUT2D eigenvalue weighted by Gasteiger charge is -2.06. The van der Waals surface area contributed by atoms with E-state index in [0.29, 0.717) is 11.1 Å². The molecule has 1 atom stereocenters. The molecule has 0 saturated heterocycles. The maximum atomic E-state index is 13.0. The van der Waals surface area contributed by atoms with Gasteiger partial charge in [0.2, 0.25) is 0 Å². The molecule has 0 aliphatic heterocycles. The Kier molecular flexibility index (Phi) is 3.01. The van der Waals surface area contributed by atoms with Crippen LogP contribution in [0.15, 0.2) is 47.3 Å². The maximum absolute atomic E-state index is 13.0. The van der Waals surface area contributed by atoms with Crippen LogP contribution in [0.5, 0.6) is 0 Å². The van der Waals surface area contributed by atoms with Crippen LogP contribution in [0, 0.1) is 17.1 Å². The Labute approximate surface area is 97.1 Å². The summed E-state index contributed by atoms with van der Waals surface area (Å²) in [6.45, 7) is 0. The van der Waals surface area contributed by atoms with Crippen LogP contribution in [-0.4, -0.2) is 5.78 Å². The molecule has 0 aliphatic carbocycles. The summed E-state index contributed by atoms with van der Waals surface area (Å²) in [5, 5.41) is 9.02. The number of halogens is 1. The Balaban J connectivity index is 2.35.